The van der Waals surface area contributed by atoms with E-state index in [1.54, 1.807) is 18.5 Å². The van der Waals surface area contributed by atoms with Crippen LogP contribution in [0.4, 0.5) is 5.69 Å². The lowest BCUT2D eigenvalue weighted by Gasteiger charge is -2.21. The second kappa shape index (κ2) is 9.15. The van der Waals surface area contributed by atoms with Crippen molar-refractivity contribution in [3.63, 3.8) is 0 Å². The fourth-order valence-electron chi connectivity index (χ4n) is 2.73. The zero-order valence-corrected chi connectivity index (χ0v) is 14.1. The third-order valence-corrected chi connectivity index (χ3v) is 4.23. The zero-order chi connectivity index (χ0) is 17.3. The third-order valence-electron chi connectivity index (χ3n) is 4.23. The lowest BCUT2D eigenvalue weighted by molar-refractivity contribution is -0.0133. The second-order valence-corrected chi connectivity index (χ2v) is 6.05. The summed E-state index contributed by atoms with van der Waals surface area (Å²) in [6, 6.07) is 11.3. The van der Waals surface area contributed by atoms with E-state index in [-0.39, 0.29) is 5.91 Å². The first-order valence-corrected chi connectivity index (χ1v) is 8.54. The van der Waals surface area contributed by atoms with Crippen LogP contribution in [0, 0.1) is 5.92 Å². The number of anilines is 1. The van der Waals surface area contributed by atoms with Gasteiger partial charge in [-0.25, -0.2) is 5.48 Å². The van der Waals surface area contributed by atoms with Crippen LogP contribution in [-0.2, 0) is 16.1 Å². The minimum atomic E-state index is -0.245. The number of carbonyl (C=O) groups is 1. The van der Waals surface area contributed by atoms with Crippen LogP contribution < -0.4 is 10.8 Å². The molecule has 0 bridgehead atoms. The fourth-order valence-corrected chi connectivity index (χ4v) is 2.73. The van der Waals surface area contributed by atoms with Crippen molar-refractivity contribution in [1.82, 2.24) is 10.5 Å². The number of benzene rings is 1. The summed E-state index contributed by atoms with van der Waals surface area (Å²) in [6.07, 6.45) is 5.44. The molecule has 2 aromatic rings. The monoisotopic (exact) mass is 341 g/mol. The summed E-state index contributed by atoms with van der Waals surface area (Å²) in [7, 11) is 0. The molecular formula is C19H23N3O3. The van der Waals surface area contributed by atoms with Gasteiger partial charge < -0.3 is 10.1 Å². The topological polar surface area (TPSA) is 72.5 Å². The van der Waals surface area contributed by atoms with Crippen LogP contribution in [0.1, 0.15) is 28.8 Å². The second-order valence-electron chi connectivity index (χ2n) is 6.05. The Hall–Kier alpha value is -2.44. The van der Waals surface area contributed by atoms with E-state index in [9.17, 15) is 4.79 Å². The van der Waals surface area contributed by atoms with E-state index in [4.69, 9.17) is 9.57 Å². The van der Waals surface area contributed by atoms with Crippen molar-refractivity contribution in [1.29, 1.82) is 0 Å². The third kappa shape index (κ3) is 5.27. The summed E-state index contributed by atoms with van der Waals surface area (Å²) in [5.41, 5.74) is 4.98. The van der Waals surface area contributed by atoms with E-state index >= 15 is 0 Å². The molecule has 0 atom stereocenters. The van der Waals surface area contributed by atoms with Gasteiger partial charge >= 0.3 is 0 Å². The number of hydrogen-bond donors (Lipinski definition) is 2. The minimum Gasteiger partial charge on any atom is -0.381 e. The highest BCUT2D eigenvalue weighted by molar-refractivity contribution is 5.98. The molecule has 6 nitrogen and oxygen atoms in total. The first-order chi connectivity index (χ1) is 12.3. The van der Waals surface area contributed by atoms with Crippen molar-refractivity contribution in [2.75, 3.05) is 25.1 Å². The number of aromatic nitrogens is 1. The average molecular weight is 341 g/mol. The Morgan fingerprint density at radius 3 is 2.72 bits per heavy atom. The number of amides is 1. The van der Waals surface area contributed by atoms with Gasteiger partial charge in [0.2, 0.25) is 0 Å². The number of hydroxylamine groups is 1. The molecule has 6 heteroatoms. The van der Waals surface area contributed by atoms with E-state index in [1.165, 1.54) is 0 Å². The molecule has 1 aromatic heterocycles. The van der Waals surface area contributed by atoms with E-state index < -0.39 is 0 Å². The van der Waals surface area contributed by atoms with Crippen LogP contribution in [0.25, 0.3) is 0 Å². The smallest absolute Gasteiger partial charge is 0.276 e. The lowest BCUT2D eigenvalue weighted by atomic mass is 10.0. The zero-order valence-electron chi connectivity index (χ0n) is 14.1. The summed E-state index contributed by atoms with van der Waals surface area (Å²) in [6.45, 7) is 2.67. The maximum absolute atomic E-state index is 12.4. The van der Waals surface area contributed by atoms with Gasteiger partial charge in [-0.3, -0.25) is 14.6 Å². The first-order valence-electron chi connectivity index (χ1n) is 8.54. The van der Waals surface area contributed by atoms with Gasteiger partial charge in [0, 0.05) is 37.8 Å². The number of nitrogens with zero attached hydrogens (tertiary/aromatic N) is 1. The number of para-hydroxylation sites is 1. The molecule has 0 saturated carbocycles. The fraction of sp³-hybridized carbons (Fsp3) is 0.368. The van der Waals surface area contributed by atoms with Gasteiger partial charge in [-0.2, -0.15) is 0 Å². The van der Waals surface area contributed by atoms with Crippen molar-refractivity contribution in [2.24, 2.45) is 5.92 Å². The Morgan fingerprint density at radius 1 is 1.16 bits per heavy atom. The minimum absolute atomic E-state index is 0.245. The quantitative estimate of drug-likeness (QED) is 0.758. The normalized spacial score (nSPS) is 14.9. The molecule has 0 aliphatic carbocycles. The van der Waals surface area contributed by atoms with E-state index in [2.05, 4.69) is 15.8 Å². The highest BCUT2D eigenvalue weighted by Crippen LogP contribution is 2.17. The molecule has 1 aliphatic heterocycles. The molecule has 1 fully saturated rings. The Kier molecular flexibility index (Phi) is 6.36. The highest BCUT2D eigenvalue weighted by atomic mass is 16.7. The van der Waals surface area contributed by atoms with Crippen LogP contribution in [0.5, 0.6) is 0 Å². The number of rotatable bonds is 7. The predicted octanol–water partition coefficient (Wildman–Crippen LogP) is 2.78. The molecular weight excluding hydrogens is 318 g/mol. The van der Waals surface area contributed by atoms with Gasteiger partial charge in [0.15, 0.2) is 0 Å². The van der Waals surface area contributed by atoms with Gasteiger partial charge in [-0.15, -0.1) is 0 Å². The lowest BCUT2D eigenvalue weighted by Crippen LogP contribution is -2.29. The van der Waals surface area contributed by atoms with Crippen LogP contribution in [0.15, 0.2) is 48.8 Å². The molecule has 132 valence electrons. The van der Waals surface area contributed by atoms with Gasteiger partial charge in [0.05, 0.1) is 12.2 Å². The van der Waals surface area contributed by atoms with Gasteiger partial charge in [-0.1, -0.05) is 12.1 Å². The molecule has 1 aromatic carbocycles. The molecule has 0 unspecified atom stereocenters. The number of nitrogens with one attached hydrogen (secondary N) is 2. The molecule has 0 radical (unpaired) electrons. The molecule has 1 amide bonds. The first kappa shape index (κ1) is 17.4. The van der Waals surface area contributed by atoms with Crippen LogP contribution >= 0.6 is 0 Å². The predicted molar refractivity (Wildman–Crippen MR) is 95.0 cm³/mol. The van der Waals surface area contributed by atoms with E-state index in [0.717, 1.165) is 37.3 Å². The van der Waals surface area contributed by atoms with Crippen molar-refractivity contribution in [2.45, 2.75) is 19.4 Å². The SMILES string of the molecule is O=C(NOCC1CCOCC1)c1ccccc1NCc1ccncc1. The standard InChI is InChI=1S/C19H23N3O3/c23-19(22-25-14-16-7-11-24-12-8-16)17-3-1-2-4-18(17)21-13-15-5-9-20-10-6-15/h1-6,9-10,16,21H,7-8,11-14H2,(H,22,23). The Labute approximate surface area is 147 Å². The number of ether oxygens (including phenoxy) is 1. The van der Waals surface area contributed by atoms with Gasteiger partial charge in [0.25, 0.3) is 5.91 Å². The van der Waals surface area contributed by atoms with Crippen LogP contribution in [-0.4, -0.2) is 30.7 Å². The van der Waals surface area contributed by atoms with Crippen molar-refractivity contribution in [3.05, 3.63) is 59.9 Å². The summed E-state index contributed by atoms with van der Waals surface area (Å²) < 4.78 is 5.32. The van der Waals surface area contributed by atoms with Crippen molar-refractivity contribution >= 4 is 11.6 Å². The molecule has 2 N–H and O–H groups in total. The van der Waals surface area contributed by atoms with Gasteiger partial charge in [-0.05, 0) is 48.6 Å². The Bertz CT molecular complexity index is 673. The highest BCUT2D eigenvalue weighted by Gasteiger charge is 2.16. The molecule has 25 heavy (non-hydrogen) atoms. The maximum Gasteiger partial charge on any atom is 0.276 e. The Morgan fingerprint density at radius 2 is 1.92 bits per heavy atom. The summed E-state index contributed by atoms with van der Waals surface area (Å²) in [5.74, 6) is 0.194. The molecule has 2 heterocycles. The van der Waals surface area contributed by atoms with Crippen LogP contribution in [0.2, 0.25) is 0 Å². The summed E-state index contributed by atoms with van der Waals surface area (Å²) >= 11 is 0. The van der Waals surface area contributed by atoms with Crippen LogP contribution in [0.3, 0.4) is 0 Å². The molecule has 0 spiro atoms. The number of pyridine rings is 1. The maximum atomic E-state index is 12.4. The molecule has 1 saturated heterocycles. The van der Waals surface area contributed by atoms with Gasteiger partial charge in [0.1, 0.15) is 0 Å². The average Bonchev–Trinajstić information content (AvgIpc) is 2.68. The molecule has 3 rings (SSSR count). The largest absolute Gasteiger partial charge is 0.381 e. The Balaban J connectivity index is 1.53. The summed E-state index contributed by atoms with van der Waals surface area (Å²) in [4.78, 5) is 21.8. The van der Waals surface area contributed by atoms with E-state index in [0.29, 0.717) is 24.6 Å². The molecule has 1 aliphatic rings. The number of carbonyl (C=O) groups excluding carboxylic acids is 1. The van der Waals surface area contributed by atoms with E-state index in [1.807, 2.05) is 30.3 Å². The number of hydrogen-bond acceptors (Lipinski definition) is 5. The van der Waals surface area contributed by atoms with Crippen molar-refractivity contribution in [3.8, 4) is 0 Å². The van der Waals surface area contributed by atoms with Crippen molar-refractivity contribution < 1.29 is 14.4 Å². The summed E-state index contributed by atoms with van der Waals surface area (Å²) in [5, 5.41) is 3.29.